The van der Waals surface area contributed by atoms with Crippen molar-refractivity contribution >= 4 is 16.9 Å². The summed E-state index contributed by atoms with van der Waals surface area (Å²) in [5, 5.41) is 0. The highest BCUT2D eigenvalue weighted by molar-refractivity contribution is 6.04. The average molecular weight is 301 g/mol. The number of unbranched alkanes of at least 4 members (excludes halogenated alkanes) is 3. The van der Waals surface area contributed by atoms with Crippen LogP contribution in [0.5, 0.6) is 0 Å². The first-order chi connectivity index (χ1) is 10.5. The minimum Gasteiger partial charge on any atom is -0.366 e. The first-order valence-corrected chi connectivity index (χ1v) is 8.33. The molecule has 2 aromatic rings. The van der Waals surface area contributed by atoms with E-state index in [9.17, 15) is 4.79 Å². The Kier molecular flexibility index (Phi) is 5.58. The number of imidazole rings is 1. The molecule has 2 atom stereocenters. The molecule has 3 N–H and O–H groups in total. The van der Waals surface area contributed by atoms with Gasteiger partial charge >= 0.3 is 0 Å². The molecule has 120 valence electrons. The van der Waals surface area contributed by atoms with E-state index in [4.69, 9.17) is 5.73 Å². The highest BCUT2D eigenvalue weighted by Gasteiger charge is 2.19. The van der Waals surface area contributed by atoms with Gasteiger partial charge in [0.05, 0.1) is 11.1 Å². The van der Waals surface area contributed by atoms with Crippen molar-refractivity contribution in [2.45, 2.75) is 58.8 Å². The Balaban J connectivity index is 2.13. The molecule has 0 saturated heterocycles. The second kappa shape index (κ2) is 7.43. The Morgan fingerprint density at radius 2 is 2.05 bits per heavy atom. The first kappa shape index (κ1) is 16.5. The second-order valence-corrected chi connectivity index (χ2v) is 6.30. The fourth-order valence-corrected chi connectivity index (χ4v) is 2.88. The number of carbonyl (C=O) groups is 1. The number of amides is 1. The number of H-pyrrole nitrogens is 1. The number of rotatable bonds is 8. The van der Waals surface area contributed by atoms with E-state index < -0.39 is 5.91 Å². The van der Waals surface area contributed by atoms with Gasteiger partial charge in [-0.15, -0.1) is 0 Å². The normalized spacial score (nSPS) is 14.1. The Labute approximate surface area is 132 Å². The maximum Gasteiger partial charge on any atom is 0.250 e. The van der Waals surface area contributed by atoms with Gasteiger partial charge in [0.15, 0.2) is 0 Å². The summed E-state index contributed by atoms with van der Waals surface area (Å²) in [5.41, 5.74) is 7.49. The third-order valence-corrected chi connectivity index (χ3v) is 4.59. The monoisotopic (exact) mass is 301 g/mol. The molecule has 2 rings (SSSR count). The number of hydrogen-bond donors (Lipinski definition) is 2. The van der Waals surface area contributed by atoms with E-state index in [0.717, 1.165) is 11.3 Å². The predicted molar refractivity (Wildman–Crippen MR) is 90.9 cm³/mol. The topological polar surface area (TPSA) is 71.8 Å². The molecule has 1 heterocycles. The molecule has 22 heavy (non-hydrogen) atoms. The van der Waals surface area contributed by atoms with Crippen LogP contribution in [0, 0.1) is 5.92 Å². The Bertz CT molecular complexity index is 632. The molecule has 4 nitrogen and oxygen atoms in total. The summed E-state index contributed by atoms with van der Waals surface area (Å²) in [4.78, 5) is 19.5. The number of para-hydroxylation sites is 1. The molecule has 1 aromatic carbocycles. The number of aromatic amines is 1. The van der Waals surface area contributed by atoms with Crippen molar-refractivity contribution < 1.29 is 4.79 Å². The van der Waals surface area contributed by atoms with Crippen molar-refractivity contribution in [2.24, 2.45) is 11.7 Å². The lowest BCUT2D eigenvalue weighted by atomic mass is 9.90. The Hall–Kier alpha value is -1.84. The minimum atomic E-state index is -0.427. The lowest BCUT2D eigenvalue weighted by Gasteiger charge is -2.17. The standard InChI is InChI=1S/C18H27N3O/c1-4-5-6-7-9-12(2)13(3)18-20-15-11-8-10-14(17(19)22)16(15)21-18/h8,10-13H,4-7,9H2,1-3H3,(H2,19,22)(H,20,21). The number of nitrogens with one attached hydrogen (secondary N) is 1. The van der Waals surface area contributed by atoms with Gasteiger partial charge in [-0.2, -0.15) is 0 Å². The molecular formula is C18H27N3O. The maximum absolute atomic E-state index is 11.5. The van der Waals surface area contributed by atoms with Crippen molar-refractivity contribution in [3.8, 4) is 0 Å². The van der Waals surface area contributed by atoms with Gasteiger partial charge in [-0.3, -0.25) is 4.79 Å². The van der Waals surface area contributed by atoms with E-state index in [0.29, 0.717) is 22.9 Å². The fraction of sp³-hybridized carbons (Fsp3) is 0.556. The number of fused-ring (bicyclic) bond motifs is 1. The van der Waals surface area contributed by atoms with Crippen molar-refractivity contribution in [2.75, 3.05) is 0 Å². The molecular weight excluding hydrogens is 274 g/mol. The predicted octanol–water partition coefficient (Wildman–Crippen LogP) is 4.37. The smallest absolute Gasteiger partial charge is 0.250 e. The third kappa shape index (κ3) is 3.67. The van der Waals surface area contributed by atoms with Gasteiger partial charge in [0.2, 0.25) is 0 Å². The summed E-state index contributed by atoms with van der Waals surface area (Å²) in [6.45, 7) is 6.71. The van der Waals surface area contributed by atoms with E-state index in [-0.39, 0.29) is 0 Å². The highest BCUT2D eigenvalue weighted by Crippen LogP contribution is 2.28. The first-order valence-electron chi connectivity index (χ1n) is 8.33. The number of primary amides is 1. The zero-order valence-corrected chi connectivity index (χ0v) is 13.9. The number of nitrogens with two attached hydrogens (primary N) is 1. The van der Waals surface area contributed by atoms with Crippen molar-refractivity contribution in [1.82, 2.24) is 9.97 Å². The molecule has 0 saturated carbocycles. The number of benzene rings is 1. The molecule has 1 aromatic heterocycles. The Morgan fingerprint density at radius 3 is 2.73 bits per heavy atom. The second-order valence-electron chi connectivity index (χ2n) is 6.30. The molecule has 0 radical (unpaired) electrons. The van der Waals surface area contributed by atoms with Crippen molar-refractivity contribution in [3.63, 3.8) is 0 Å². The third-order valence-electron chi connectivity index (χ3n) is 4.59. The number of aromatic nitrogens is 2. The van der Waals surface area contributed by atoms with Gasteiger partial charge in [0.25, 0.3) is 5.91 Å². The van der Waals surface area contributed by atoms with Crippen LogP contribution in [0.4, 0.5) is 0 Å². The van der Waals surface area contributed by atoms with Gasteiger partial charge in [-0.1, -0.05) is 58.9 Å². The van der Waals surface area contributed by atoms with Crippen LogP contribution in [0.2, 0.25) is 0 Å². The van der Waals surface area contributed by atoms with Gasteiger partial charge in [-0.05, 0) is 18.1 Å². The van der Waals surface area contributed by atoms with Gasteiger partial charge in [-0.25, -0.2) is 4.98 Å². The molecule has 4 heteroatoms. The van der Waals surface area contributed by atoms with Gasteiger partial charge < -0.3 is 10.7 Å². The van der Waals surface area contributed by atoms with E-state index in [1.165, 1.54) is 32.1 Å². The summed E-state index contributed by atoms with van der Waals surface area (Å²) in [6, 6.07) is 5.51. The minimum absolute atomic E-state index is 0.342. The molecule has 0 aliphatic rings. The highest BCUT2D eigenvalue weighted by atomic mass is 16.1. The van der Waals surface area contributed by atoms with Crippen LogP contribution in [0.15, 0.2) is 18.2 Å². The zero-order valence-electron chi connectivity index (χ0n) is 13.9. The largest absolute Gasteiger partial charge is 0.366 e. The molecule has 0 aliphatic heterocycles. The van der Waals surface area contributed by atoms with Crippen LogP contribution in [0.1, 0.15) is 75.0 Å². The van der Waals surface area contributed by atoms with Crippen molar-refractivity contribution in [1.29, 1.82) is 0 Å². The quantitative estimate of drug-likeness (QED) is 0.710. The van der Waals surface area contributed by atoms with Gasteiger partial charge in [0.1, 0.15) is 11.3 Å². The number of nitrogens with zero attached hydrogens (tertiary/aromatic N) is 1. The van der Waals surface area contributed by atoms with E-state index in [1.54, 1.807) is 6.07 Å². The lowest BCUT2D eigenvalue weighted by molar-refractivity contribution is 0.100. The fourth-order valence-electron chi connectivity index (χ4n) is 2.88. The summed E-state index contributed by atoms with van der Waals surface area (Å²) < 4.78 is 0. The molecule has 2 unspecified atom stereocenters. The van der Waals surface area contributed by atoms with Crippen LogP contribution in [0.25, 0.3) is 11.0 Å². The number of hydrogen-bond acceptors (Lipinski definition) is 2. The maximum atomic E-state index is 11.5. The SMILES string of the molecule is CCCCCCC(C)C(C)c1nc2c(C(N)=O)cccc2[nH]1. The van der Waals surface area contributed by atoms with Crippen molar-refractivity contribution in [3.05, 3.63) is 29.6 Å². The molecule has 0 spiro atoms. The van der Waals surface area contributed by atoms with Crippen LogP contribution in [0.3, 0.4) is 0 Å². The summed E-state index contributed by atoms with van der Waals surface area (Å²) in [6.07, 6.45) is 6.36. The van der Waals surface area contributed by atoms with Crippen LogP contribution < -0.4 is 5.73 Å². The molecule has 0 bridgehead atoms. The lowest BCUT2D eigenvalue weighted by Crippen LogP contribution is -2.11. The number of carbonyl (C=O) groups excluding carboxylic acids is 1. The summed E-state index contributed by atoms with van der Waals surface area (Å²) in [7, 11) is 0. The van der Waals surface area contributed by atoms with Crippen LogP contribution in [-0.2, 0) is 0 Å². The van der Waals surface area contributed by atoms with Crippen LogP contribution in [-0.4, -0.2) is 15.9 Å². The van der Waals surface area contributed by atoms with E-state index >= 15 is 0 Å². The average Bonchev–Trinajstić information content (AvgIpc) is 2.94. The zero-order chi connectivity index (χ0) is 16.1. The van der Waals surface area contributed by atoms with Crippen LogP contribution >= 0.6 is 0 Å². The Morgan fingerprint density at radius 1 is 1.27 bits per heavy atom. The van der Waals surface area contributed by atoms with Gasteiger partial charge in [0, 0.05) is 5.92 Å². The summed E-state index contributed by atoms with van der Waals surface area (Å²) >= 11 is 0. The molecule has 0 aliphatic carbocycles. The van der Waals surface area contributed by atoms with E-state index in [2.05, 4.69) is 30.7 Å². The summed E-state index contributed by atoms with van der Waals surface area (Å²) in [5.74, 6) is 1.43. The molecule has 1 amide bonds. The van der Waals surface area contributed by atoms with E-state index in [1.807, 2.05) is 12.1 Å². The molecule has 0 fully saturated rings.